The third-order valence-electron chi connectivity index (χ3n) is 5.75. The summed E-state index contributed by atoms with van der Waals surface area (Å²) < 4.78 is 10.0. The number of rotatable bonds is 6. The lowest BCUT2D eigenvalue weighted by atomic mass is 9.93. The lowest BCUT2D eigenvalue weighted by molar-refractivity contribution is 0.124. The van der Waals surface area contributed by atoms with Gasteiger partial charge in [0.25, 0.3) is 0 Å². The van der Waals surface area contributed by atoms with Crippen molar-refractivity contribution in [1.29, 1.82) is 0 Å². The quantitative estimate of drug-likeness (QED) is 0.511. The number of hydrogen-bond donors (Lipinski definition) is 1. The average Bonchev–Trinajstić information content (AvgIpc) is 3.39. The third kappa shape index (κ3) is 3.95. The maximum Gasteiger partial charge on any atom is 0.233 e. The molecule has 31 heavy (non-hydrogen) atoms. The molecule has 9 nitrogen and oxygen atoms in total. The molecule has 0 saturated heterocycles. The van der Waals surface area contributed by atoms with E-state index in [1.807, 2.05) is 37.8 Å². The third-order valence-corrected chi connectivity index (χ3v) is 5.75. The lowest BCUT2D eigenvalue weighted by Gasteiger charge is -2.29. The molecule has 160 valence electrons. The molecule has 9 heteroatoms. The van der Waals surface area contributed by atoms with E-state index in [1.165, 1.54) is 0 Å². The number of anilines is 1. The minimum absolute atomic E-state index is 0.159. The molecule has 4 heterocycles. The number of nitrogens with zero attached hydrogens (tertiary/aromatic N) is 7. The van der Waals surface area contributed by atoms with Gasteiger partial charge in [-0.15, -0.1) is 5.10 Å². The van der Waals surface area contributed by atoms with Crippen molar-refractivity contribution >= 4 is 16.7 Å². The van der Waals surface area contributed by atoms with Crippen molar-refractivity contribution in [3.63, 3.8) is 0 Å². The molecule has 1 aliphatic rings. The SMILES string of the molecule is CCNc1cc2c(cn1)c(-c1cnn(C)c1)nn2C1CCC(Oc2cccnn2)CC1. The standard InChI is InChI=1S/C22H26N8O/c1-3-23-20-11-19-18(13-24-20)22(15-12-26-29(2)14-15)28-30(19)16-6-8-17(9-7-16)31-21-5-4-10-25-27-21/h4-5,10-14,16-17H,3,6-9H2,1-2H3,(H,23,24). The predicted molar refractivity (Wildman–Crippen MR) is 118 cm³/mol. The highest BCUT2D eigenvalue weighted by Crippen LogP contribution is 2.36. The number of aromatic nitrogens is 7. The second-order valence-corrected chi connectivity index (χ2v) is 7.92. The minimum Gasteiger partial charge on any atom is -0.473 e. The molecule has 0 spiro atoms. The average molecular weight is 419 g/mol. The van der Waals surface area contributed by atoms with Crippen LogP contribution in [0.15, 0.2) is 43.0 Å². The smallest absolute Gasteiger partial charge is 0.233 e. The van der Waals surface area contributed by atoms with Gasteiger partial charge in [-0.1, -0.05) is 0 Å². The Labute approximate surface area is 180 Å². The van der Waals surface area contributed by atoms with E-state index in [0.29, 0.717) is 11.9 Å². The van der Waals surface area contributed by atoms with Gasteiger partial charge in [0, 0.05) is 55.3 Å². The van der Waals surface area contributed by atoms with Crippen molar-refractivity contribution < 1.29 is 4.74 Å². The molecule has 0 amide bonds. The van der Waals surface area contributed by atoms with Crippen LogP contribution in [0.25, 0.3) is 22.2 Å². The monoisotopic (exact) mass is 418 g/mol. The van der Waals surface area contributed by atoms with Crippen LogP contribution in [0.1, 0.15) is 38.6 Å². The summed E-state index contributed by atoms with van der Waals surface area (Å²) in [4.78, 5) is 4.58. The van der Waals surface area contributed by atoms with Crippen molar-refractivity contribution in [2.45, 2.75) is 44.8 Å². The molecule has 0 unspecified atom stereocenters. The van der Waals surface area contributed by atoms with E-state index in [0.717, 1.165) is 60.2 Å². The number of pyridine rings is 1. The van der Waals surface area contributed by atoms with Crippen molar-refractivity contribution in [3.8, 4) is 17.1 Å². The molecule has 4 aromatic heterocycles. The van der Waals surface area contributed by atoms with Gasteiger partial charge in [-0.3, -0.25) is 9.36 Å². The van der Waals surface area contributed by atoms with Crippen LogP contribution in [-0.2, 0) is 7.05 Å². The molecule has 0 aliphatic heterocycles. The maximum absolute atomic E-state index is 6.02. The fraction of sp³-hybridized carbons (Fsp3) is 0.409. The van der Waals surface area contributed by atoms with Crippen molar-refractivity contribution in [1.82, 2.24) is 34.7 Å². The molecule has 0 aromatic carbocycles. The molecular weight excluding hydrogens is 392 g/mol. The van der Waals surface area contributed by atoms with E-state index < -0.39 is 0 Å². The molecule has 5 rings (SSSR count). The van der Waals surface area contributed by atoms with Crippen LogP contribution < -0.4 is 10.1 Å². The normalized spacial score (nSPS) is 18.9. The van der Waals surface area contributed by atoms with Gasteiger partial charge in [0.15, 0.2) is 0 Å². The molecule has 4 aromatic rings. The van der Waals surface area contributed by atoms with Crippen LogP contribution in [0, 0.1) is 0 Å². The largest absolute Gasteiger partial charge is 0.473 e. The van der Waals surface area contributed by atoms with E-state index in [9.17, 15) is 0 Å². The van der Waals surface area contributed by atoms with Gasteiger partial charge in [-0.05, 0) is 38.7 Å². The van der Waals surface area contributed by atoms with E-state index in [1.54, 1.807) is 10.9 Å². The fourth-order valence-corrected chi connectivity index (χ4v) is 4.27. The van der Waals surface area contributed by atoms with E-state index in [-0.39, 0.29) is 6.10 Å². The van der Waals surface area contributed by atoms with Crippen molar-refractivity contribution in [2.24, 2.45) is 7.05 Å². The first-order valence-corrected chi connectivity index (χ1v) is 10.8. The van der Waals surface area contributed by atoms with Gasteiger partial charge < -0.3 is 10.1 Å². The minimum atomic E-state index is 0.159. The predicted octanol–water partition coefficient (Wildman–Crippen LogP) is 3.62. The fourth-order valence-electron chi connectivity index (χ4n) is 4.27. The van der Waals surface area contributed by atoms with Gasteiger partial charge in [0.1, 0.15) is 17.6 Å². The Kier molecular flexibility index (Phi) is 5.23. The zero-order chi connectivity index (χ0) is 21.2. The summed E-state index contributed by atoms with van der Waals surface area (Å²) in [5.74, 6) is 1.46. The molecule has 1 fully saturated rings. The highest BCUT2D eigenvalue weighted by Gasteiger charge is 2.27. The highest BCUT2D eigenvalue weighted by molar-refractivity contribution is 5.93. The molecule has 0 bridgehead atoms. The summed E-state index contributed by atoms with van der Waals surface area (Å²) in [6.45, 7) is 2.90. The van der Waals surface area contributed by atoms with Crippen LogP contribution in [-0.4, -0.2) is 47.4 Å². The first kappa shape index (κ1) is 19.5. The van der Waals surface area contributed by atoms with Gasteiger partial charge in [-0.2, -0.15) is 15.3 Å². The molecule has 0 radical (unpaired) electrons. The Morgan fingerprint density at radius 2 is 2.06 bits per heavy atom. The molecule has 1 N–H and O–H groups in total. The number of nitrogens with one attached hydrogen (secondary N) is 1. The second-order valence-electron chi connectivity index (χ2n) is 7.92. The van der Waals surface area contributed by atoms with Gasteiger partial charge in [-0.25, -0.2) is 4.98 Å². The number of ether oxygens (including phenoxy) is 1. The topological polar surface area (TPSA) is 95.6 Å². The molecule has 1 saturated carbocycles. The van der Waals surface area contributed by atoms with E-state index >= 15 is 0 Å². The van der Waals surface area contributed by atoms with Crippen LogP contribution in [0.2, 0.25) is 0 Å². The second kappa shape index (κ2) is 8.33. The summed E-state index contributed by atoms with van der Waals surface area (Å²) in [5, 5.41) is 21.7. The first-order valence-electron chi connectivity index (χ1n) is 10.8. The Morgan fingerprint density at radius 1 is 1.19 bits per heavy atom. The number of fused-ring (bicyclic) bond motifs is 1. The van der Waals surface area contributed by atoms with Gasteiger partial charge in [0.05, 0.1) is 17.8 Å². The zero-order valence-electron chi connectivity index (χ0n) is 17.8. The van der Waals surface area contributed by atoms with Crippen molar-refractivity contribution in [2.75, 3.05) is 11.9 Å². The van der Waals surface area contributed by atoms with Crippen molar-refractivity contribution in [3.05, 3.63) is 43.0 Å². The maximum atomic E-state index is 6.02. The summed E-state index contributed by atoms with van der Waals surface area (Å²) in [6.07, 6.45) is 11.5. The van der Waals surface area contributed by atoms with Crippen LogP contribution in [0.4, 0.5) is 5.82 Å². The van der Waals surface area contributed by atoms with Gasteiger partial charge in [0.2, 0.25) is 5.88 Å². The lowest BCUT2D eigenvalue weighted by Crippen LogP contribution is -2.26. The Hall–Kier alpha value is -3.49. The molecule has 0 atom stereocenters. The Bertz CT molecular complexity index is 1160. The van der Waals surface area contributed by atoms with E-state index in [4.69, 9.17) is 9.84 Å². The Balaban J connectivity index is 1.43. The van der Waals surface area contributed by atoms with Crippen LogP contribution >= 0.6 is 0 Å². The zero-order valence-corrected chi connectivity index (χ0v) is 17.8. The summed E-state index contributed by atoms with van der Waals surface area (Å²) in [7, 11) is 1.92. The summed E-state index contributed by atoms with van der Waals surface area (Å²) in [6, 6.07) is 6.12. The number of aryl methyl sites for hydroxylation is 1. The van der Waals surface area contributed by atoms with Crippen LogP contribution in [0.3, 0.4) is 0 Å². The molecular formula is C22H26N8O. The summed E-state index contributed by atoms with van der Waals surface area (Å²) in [5.41, 5.74) is 3.03. The molecule has 1 aliphatic carbocycles. The summed E-state index contributed by atoms with van der Waals surface area (Å²) >= 11 is 0. The van der Waals surface area contributed by atoms with Gasteiger partial charge >= 0.3 is 0 Å². The highest BCUT2D eigenvalue weighted by atomic mass is 16.5. The Morgan fingerprint density at radius 3 is 2.77 bits per heavy atom. The van der Waals surface area contributed by atoms with E-state index in [2.05, 4.69) is 43.3 Å². The first-order chi connectivity index (χ1) is 15.2. The van der Waals surface area contributed by atoms with Crippen LogP contribution in [0.5, 0.6) is 5.88 Å². The number of hydrogen-bond acceptors (Lipinski definition) is 7.